The number of nitrogens with zero attached hydrogens (tertiary/aromatic N) is 4. The van der Waals surface area contributed by atoms with Crippen molar-refractivity contribution in [3.05, 3.63) is 84.6 Å². The maximum absolute atomic E-state index is 14.7. The van der Waals surface area contributed by atoms with Gasteiger partial charge < -0.3 is 16.0 Å². The van der Waals surface area contributed by atoms with E-state index in [1.54, 1.807) is 24.1 Å². The number of amides is 1. The van der Waals surface area contributed by atoms with Crippen LogP contribution in [0.25, 0.3) is 11.1 Å². The van der Waals surface area contributed by atoms with Crippen LogP contribution in [0.3, 0.4) is 0 Å². The molecule has 8 nitrogen and oxygen atoms in total. The number of carbonyl (C=O) groups is 1. The Morgan fingerprint density at radius 1 is 1.08 bits per heavy atom. The molecule has 1 amide bonds. The van der Waals surface area contributed by atoms with Crippen molar-refractivity contribution < 1.29 is 22.4 Å². The number of aromatic nitrogens is 4. The zero-order valence-electron chi connectivity index (χ0n) is 19.7. The summed E-state index contributed by atoms with van der Waals surface area (Å²) in [7, 11) is 1.73. The van der Waals surface area contributed by atoms with Crippen LogP contribution in [0, 0.1) is 12.7 Å². The highest BCUT2D eigenvalue weighted by Crippen LogP contribution is 2.36. The minimum absolute atomic E-state index is 0.00817. The molecule has 12 heteroatoms. The third-order valence-electron chi connectivity index (χ3n) is 5.26. The third kappa shape index (κ3) is 5.92. The second kappa shape index (κ2) is 10.1. The van der Waals surface area contributed by atoms with Gasteiger partial charge in [-0.1, -0.05) is 18.7 Å². The number of halogens is 4. The highest BCUT2D eigenvalue weighted by atomic mass is 19.4. The molecule has 0 radical (unpaired) electrons. The van der Waals surface area contributed by atoms with Crippen LogP contribution in [0.5, 0.6) is 0 Å². The second-order valence-corrected chi connectivity index (χ2v) is 8.02. The van der Waals surface area contributed by atoms with E-state index in [1.165, 1.54) is 37.4 Å². The maximum atomic E-state index is 14.7. The minimum atomic E-state index is -4.50. The molecule has 0 unspecified atom stereocenters. The lowest BCUT2D eigenvalue weighted by Crippen LogP contribution is -2.09. The normalized spacial score (nSPS) is 11.2. The molecular weight excluding hydrogens is 490 g/mol. The number of rotatable bonds is 7. The number of alkyl halides is 3. The van der Waals surface area contributed by atoms with Gasteiger partial charge in [0, 0.05) is 30.7 Å². The molecule has 2 heterocycles. The van der Waals surface area contributed by atoms with E-state index in [0.717, 1.165) is 18.2 Å². The van der Waals surface area contributed by atoms with Gasteiger partial charge in [-0.2, -0.15) is 23.3 Å². The Kier molecular flexibility index (Phi) is 6.92. The van der Waals surface area contributed by atoms with Crippen LogP contribution < -0.4 is 16.0 Å². The fraction of sp³-hybridized carbons (Fsp3) is 0.120. The summed E-state index contributed by atoms with van der Waals surface area (Å²) in [5.74, 6) is -0.874. The lowest BCUT2D eigenvalue weighted by Gasteiger charge is -2.16. The Balaban J connectivity index is 1.77. The van der Waals surface area contributed by atoms with E-state index in [1.807, 2.05) is 0 Å². The molecule has 0 spiro atoms. The average molecular weight is 511 g/mol. The van der Waals surface area contributed by atoms with Crippen molar-refractivity contribution in [1.29, 1.82) is 0 Å². The molecule has 0 atom stereocenters. The van der Waals surface area contributed by atoms with Gasteiger partial charge in [-0.15, -0.1) is 0 Å². The number of benzene rings is 2. The molecule has 3 N–H and O–H groups in total. The fourth-order valence-electron chi connectivity index (χ4n) is 3.53. The van der Waals surface area contributed by atoms with Crippen LogP contribution in [0.4, 0.5) is 46.4 Å². The van der Waals surface area contributed by atoms with Crippen LogP contribution in [-0.2, 0) is 18.0 Å². The first-order valence-electron chi connectivity index (χ1n) is 10.8. The average Bonchev–Trinajstić information content (AvgIpc) is 3.24. The molecule has 190 valence electrons. The molecule has 4 aromatic rings. The second-order valence-electron chi connectivity index (χ2n) is 8.02. The summed E-state index contributed by atoms with van der Waals surface area (Å²) in [5.41, 5.74) is 0.811. The Morgan fingerprint density at radius 2 is 1.86 bits per heavy atom. The number of aryl methyl sites for hydroxylation is 2. The van der Waals surface area contributed by atoms with Gasteiger partial charge in [0.05, 0.1) is 23.1 Å². The lowest BCUT2D eigenvalue weighted by atomic mass is 10.0. The predicted molar refractivity (Wildman–Crippen MR) is 132 cm³/mol. The minimum Gasteiger partial charge on any atom is -0.337 e. The number of anilines is 5. The Hall–Kier alpha value is -4.74. The third-order valence-corrected chi connectivity index (χ3v) is 5.26. The smallest absolute Gasteiger partial charge is 0.337 e. The molecule has 0 fully saturated rings. The van der Waals surface area contributed by atoms with Crippen molar-refractivity contribution in [1.82, 2.24) is 19.7 Å². The van der Waals surface area contributed by atoms with E-state index in [-0.39, 0.29) is 23.0 Å². The van der Waals surface area contributed by atoms with Crippen molar-refractivity contribution in [2.75, 3.05) is 16.0 Å². The van der Waals surface area contributed by atoms with Gasteiger partial charge in [0.25, 0.3) is 0 Å². The SMILES string of the molecule is C=CC(=O)Nc1ccc(F)c(Nc2nc(Nc3cnn(C)c3)ncc2-c2ccc(C(F)(F)F)c(C)c2)c1. The molecule has 0 aliphatic carbocycles. The zero-order chi connectivity index (χ0) is 26.7. The molecule has 0 bridgehead atoms. The van der Waals surface area contributed by atoms with Crippen molar-refractivity contribution >= 4 is 34.7 Å². The van der Waals surface area contributed by atoms with E-state index in [2.05, 4.69) is 37.6 Å². The molecule has 0 aliphatic rings. The summed E-state index contributed by atoms with van der Waals surface area (Å²) < 4.78 is 56.1. The standard InChI is InChI=1S/C25H21F4N7O/c1-4-22(37)32-16-6-8-20(26)21(10-16)34-23-18(15-5-7-19(14(2)9-15)25(27,28)29)12-30-24(35-23)33-17-11-31-36(3)13-17/h4-13H,1H2,2-3H3,(H,32,37)(H2,30,33,34,35). The summed E-state index contributed by atoms with van der Waals surface area (Å²) in [4.78, 5) is 20.4. The van der Waals surface area contributed by atoms with Gasteiger partial charge in [0.15, 0.2) is 0 Å². The van der Waals surface area contributed by atoms with Gasteiger partial charge in [0.1, 0.15) is 11.6 Å². The van der Waals surface area contributed by atoms with Crippen molar-refractivity contribution in [3.8, 4) is 11.1 Å². The van der Waals surface area contributed by atoms with Gasteiger partial charge in [-0.05, 0) is 48.4 Å². The number of nitrogens with one attached hydrogen (secondary N) is 3. The summed E-state index contributed by atoms with van der Waals surface area (Å²) in [6.45, 7) is 4.73. The Labute approximate surface area is 209 Å². The van der Waals surface area contributed by atoms with E-state index in [0.29, 0.717) is 22.5 Å². The molecular formula is C25H21F4N7O. The van der Waals surface area contributed by atoms with Crippen LogP contribution in [0.15, 0.2) is 67.6 Å². The summed E-state index contributed by atoms with van der Waals surface area (Å²) in [5, 5.41) is 12.5. The topological polar surface area (TPSA) is 96.8 Å². The van der Waals surface area contributed by atoms with Gasteiger partial charge in [-0.3, -0.25) is 9.48 Å². The lowest BCUT2D eigenvalue weighted by molar-refractivity contribution is -0.138. The monoisotopic (exact) mass is 511 g/mol. The Morgan fingerprint density at radius 3 is 2.51 bits per heavy atom. The highest BCUT2D eigenvalue weighted by Gasteiger charge is 2.32. The largest absolute Gasteiger partial charge is 0.416 e. The van der Waals surface area contributed by atoms with Crippen molar-refractivity contribution in [2.45, 2.75) is 13.1 Å². The fourth-order valence-corrected chi connectivity index (χ4v) is 3.53. The molecule has 37 heavy (non-hydrogen) atoms. The highest BCUT2D eigenvalue weighted by molar-refractivity contribution is 5.99. The number of hydrogen-bond acceptors (Lipinski definition) is 6. The molecule has 2 aromatic heterocycles. The number of hydrogen-bond donors (Lipinski definition) is 3. The van der Waals surface area contributed by atoms with Crippen LogP contribution >= 0.6 is 0 Å². The van der Waals surface area contributed by atoms with Crippen molar-refractivity contribution in [2.24, 2.45) is 7.05 Å². The first-order chi connectivity index (χ1) is 17.5. The van der Waals surface area contributed by atoms with Crippen molar-refractivity contribution in [3.63, 3.8) is 0 Å². The Bertz CT molecular complexity index is 1480. The van der Waals surface area contributed by atoms with Gasteiger partial charge >= 0.3 is 6.18 Å². The molecule has 2 aromatic carbocycles. The summed E-state index contributed by atoms with van der Waals surface area (Å²) >= 11 is 0. The molecule has 4 rings (SSSR count). The first-order valence-corrected chi connectivity index (χ1v) is 10.8. The van der Waals surface area contributed by atoms with E-state index in [9.17, 15) is 22.4 Å². The quantitative estimate of drug-likeness (QED) is 0.209. The maximum Gasteiger partial charge on any atom is 0.416 e. The van der Waals surface area contributed by atoms with Gasteiger partial charge in [0.2, 0.25) is 11.9 Å². The summed E-state index contributed by atoms with van der Waals surface area (Å²) in [6.07, 6.45) is 1.22. The van der Waals surface area contributed by atoms with Crippen LogP contribution in [0.2, 0.25) is 0 Å². The number of carbonyl (C=O) groups excluding carboxylic acids is 1. The molecule has 0 aliphatic heterocycles. The predicted octanol–water partition coefficient (Wildman–Crippen LogP) is 5.96. The van der Waals surface area contributed by atoms with Crippen LogP contribution in [-0.4, -0.2) is 25.7 Å². The van der Waals surface area contributed by atoms with Gasteiger partial charge in [-0.25, -0.2) is 9.37 Å². The van der Waals surface area contributed by atoms with E-state index >= 15 is 0 Å². The molecule has 0 saturated heterocycles. The van der Waals surface area contributed by atoms with E-state index < -0.39 is 23.5 Å². The van der Waals surface area contributed by atoms with Crippen LogP contribution in [0.1, 0.15) is 11.1 Å². The molecule has 0 saturated carbocycles. The van der Waals surface area contributed by atoms with E-state index in [4.69, 9.17) is 0 Å². The summed E-state index contributed by atoms with van der Waals surface area (Å²) in [6, 6.07) is 7.51. The zero-order valence-corrected chi connectivity index (χ0v) is 19.7. The first kappa shape index (κ1) is 25.4.